The van der Waals surface area contributed by atoms with Gasteiger partial charge in [-0.15, -0.1) is 13.2 Å². The third-order valence-electron chi connectivity index (χ3n) is 2.90. The van der Waals surface area contributed by atoms with Crippen LogP contribution < -0.4 is 10.1 Å². The number of benzene rings is 1. The number of anilines is 1. The van der Waals surface area contributed by atoms with E-state index in [1.165, 1.54) is 12.1 Å². The van der Waals surface area contributed by atoms with E-state index < -0.39 is 6.36 Å². The molecule has 0 unspecified atom stereocenters. The summed E-state index contributed by atoms with van der Waals surface area (Å²) < 4.78 is 45.7. The minimum absolute atomic E-state index is 0.132. The molecule has 0 bridgehead atoms. The summed E-state index contributed by atoms with van der Waals surface area (Å²) in [5, 5.41) is 3.03. The van der Waals surface area contributed by atoms with Gasteiger partial charge in [-0.05, 0) is 25.0 Å². The maximum Gasteiger partial charge on any atom is 0.573 e. The molecule has 0 atom stereocenters. The van der Waals surface area contributed by atoms with Gasteiger partial charge in [-0.2, -0.15) is 0 Å². The Kier molecular flexibility index (Phi) is 3.65. The molecule has 0 spiro atoms. The fourth-order valence-electron chi connectivity index (χ4n) is 1.90. The van der Waals surface area contributed by atoms with Gasteiger partial charge in [-0.1, -0.05) is 12.1 Å². The highest BCUT2D eigenvalue weighted by Crippen LogP contribution is 2.33. The van der Waals surface area contributed by atoms with Gasteiger partial charge in [0, 0.05) is 13.2 Å². The van der Waals surface area contributed by atoms with E-state index in [1.807, 2.05) is 0 Å². The van der Waals surface area contributed by atoms with Crippen LogP contribution in [0.1, 0.15) is 12.8 Å². The number of halogens is 3. The van der Waals surface area contributed by atoms with Gasteiger partial charge in [-0.3, -0.25) is 0 Å². The van der Waals surface area contributed by atoms with Crippen molar-refractivity contribution in [3.05, 3.63) is 24.3 Å². The summed E-state index contributed by atoms with van der Waals surface area (Å²) in [5.41, 5.74) is 0.356. The Labute approximate surface area is 103 Å². The number of ether oxygens (including phenoxy) is 2. The Morgan fingerprint density at radius 2 is 1.89 bits per heavy atom. The van der Waals surface area contributed by atoms with Crippen LogP contribution in [0, 0.1) is 0 Å². The van der Waals surface area contributed by atoms with Crippen molar-refractivity contribution >= 4 is 5.69 Å². The molecule has 0 radical (unpaired) electrons. The standard InChI is InChI=1S/C12H14F3NO2/c1-17-9-6-8(7-9)16-10-4-2-3-5-11(10)18-12(13,14)15/h2-5,8-9,16H,6-7H2,1H3. The third-order valence-corrected chi connectivity index (χ3v) is 2.90. The van der Waals surface area contributed by atoms with Crippen LogP contribution in [0.4, 0.5) is 18.9 Å². The molecule has 0 aliphatic heterocycles. The predicted molar refractivity (Wildman–Crippen MR) is 60.6 cm³/mol. The van der Waals surface area contributed by atoms with Crippen LogP contribution in [0.15, 0.2) is 24.3 Å². The molecular weight excluding hydrogens is 247 g/mol. The lowest BCUT2D eigenvalue weighted by molar-refractivity contribution is -0.274. The Hall–Kier alpha value is -1.43. The summed E-state index contributed by atoms with van der Waals surface area (Å²) in [5.74, 6) is -0.203. The van der Waals surface area contributed by atoms with Crippen LogP contribution in [-0.4, -0.2) is 25.6 Å². The lowest BCUT2D eigenvalue weighted by atomic mass is 9.89. The Bertz CT molecular complexity index is 403. The van der Waals surface area contributed by atoms with E-state index >= 15 is 0 Å². The van der Waals surface area contributed by atoms with E-state index in [0.717, 1.165) is 12.8 Å². The molecule has 3 nitrogen and oxygen atoms in total. The molecule has 1 fully saturated rings. The topological polar surface area (TPSA) is 30.5 Å². The third kappa shape index (κ3) is 3.29. The maximum atomic E-state index is 12.2. The van der Waals surface area contributed by atoms with Crippen LogP contribution in [0.3, 0.4) is 0 Å². The van der Waals surface area contributed by atoms with E-state index in [4.69, 9.17) is 4.74 Å². The van der Waals surface area contributed by atoms with Crippen molar-refractivity contribution in [3.8, 4) is 5.75 Å². The number of nitrogens with one attached hydrogen (secondary N) is 1. The molecule has 2 rings (SSSR count). The van der Waals surface area contributed by atoms with E-state index in [2.05, 4.69) is 10.1 Å². The summed E-state index contributed by atoms with van der Waals surface area (Å²) in [7, 11) is 1.63. The Balaban J connectivity index is 2.00. The largest absolute Gasteiger partial charge is 0.573 e. The lowest BCUT2D eigenvalue weighted by Gasteiger charge is -2.35. The maximum absolute atomic E-state index is 12.2. The summed E-state index contributed by atoms with van der Waals surface area (Å²) >= 11 is 0. The summed E-state index contributed by atoms with van der Waals surface area (Å²) in [4.78, 5) is 0. The van der Waals surface area contributed by atoms with Gasteiger partial charge in [0.2, 0.25) is 0 Å². The minimum Gasteiger partial charge on any atom is -0.404 e. The van der Waals surface area contributed by atoms with Gasteiger partial charge in [0.1, 0.15) is 0 Å². The van der Waals surface area contributed by atoms with Crippen molar-refractivity contribution in [2.75, 3.05) is 12.4 Å². The van der Waals surface area contributed by atoms with Crippen molar-refractivity contribution < 1.29 is 22.6 Å². The number of para-hydroxylation sites is 2. The highest BCUT2D eigenvalue weighted by Gasteiger charge is 2.33. The average molecular weight is 261 g/mol. The lowest BCUT2D eigenvalue weighted by Crippen LogP contribution is -2.40. The highest BCUT2D eigenvalue weighted by atomic mass is 19.4. The molecule has 1 aromatic carbocycles. The number of alkyl halides is 3. The molecule has 0 aromatic heterocycles. The number of methoxy groups -OCH3 is 1. The first kappa shape index (κ1) is 13.0. The van der Waals surface area contributed by atoms with E-state index in [1.54, 1.807) is 19.2 Å². The first-order valence-electron chi connectivity index (χ1n) is 5.62. The molecule has 1 aliphatic carbocycles. The summed E-state index contributed by atoms with van der Waals surface area (Å²) in [6, 6.07) is 6.17. The molecule has 0 amide bonds. The zero-order valence-electron chi connectivity index (χ0n) is 9.83. The second-order valence-electron chi connectivity index (χ2n) is 4.21. The van der Waals surface area contributed by atoms with Crippen LogP contribution in [0.25, 0.3) is 0 Å². The molecule has 1 saturated carbocycles. The average Bonchev–Trinajstić information content (AvgIpc) is 2.22. The minimum atomic E-state index is -4.67. The molecular formula is C12H14F3NO2. The van der Waals surface area contributed by atoms with Gasteiger partial charge in [0.05, 0.1) is 11.8 Å². The van der Waals surface area contributed by atoms with Gasteiger partial charge < -0.3 is 14.8 Å². The van der Waals surface area contributed by atoms with E-state index in [-0.39, 0.29) is 17.9 Å². The van der Waals surface area contributed by atoms with Gasteiger partial charge in [-0.25, -0.2) is 0 Å². The molecule has 1 aliphatic rings. The normalized spacial score (nSPS) is 23.3. The predicted octanol–water partition coefficient (Wildman–Crippen LogP) is 3.17. The number of hydrogen-bond acceptors (Lipinski definition) is 3. The van der Waals surface area contributed by atoms with Crippen molar-refractivity contribution in [2.45, 2.75) is 31.3 Å². The molecule has 18 heavy (non-hydrogen) atoms. The molecule has 1 N–H and O–H groups in total. The van der Waals surface area contributed by atoms with Crippen molar-refractivity contribution in [2.24, 2.45) is 0 Å². The molecule has 1 aromatic rings. The SMILES string of the molecule is COC1CC(Nc2ccccc2OC(F)(F)F)C1. The van der Waals surface area contributed by atoms with Crippen LogP contribution in [0.5, 0.6) is 5.75 Å². The molecule has 100 valence electrons. The summed E-state index contributed by atoms with van der Waals surface area (Å²) in [6.45, 7) is 0. The first-order chi connectivity index (χ1) is 8.48. The van der Waals surface area contributed by atoms with E-state index in [0.29, 0.717) is 5.69 Å². The second-order valence-corrected chi connectivity index (χ2v) is 4.21. The van der Waals surface area contributed by atoms with Gasteiger partial charge in [0.25, 0.3) is 0 Å². The molecule has 6 heteroatoms. The fraction of sp³-hybridized carbons (Fsp3) is 0.500. The Morgan fingerprint density at radius 3 is 2.50 bits per heavy atom. The number of hydrogen-bond donors (Lipinski definition) is 1. The Morgan fingerprint density at radius 1 is 1.22 bits per heavy atom. The second kappa shape index (κ2) is 5.06. The summed E-state index contributed by atoms with van der Waals surface area (Å²) in [6.07, 6.45) is -2.90. The van der Waals surface area contributed by atoms with E-state index in [9.17, 15) is 13.2 Å². The van der Waals surface area contributed by atoms with Crippen LogP contribution in [0.2, 0.25) is 0 Å². The van der Waals surface area contributed by atoms with Gasteiger partial charge >= 0.3 is 6.36 Å². The van der Waals surface area contributed by atoms with Crippen molar-refractivity contribution in [3.63, 3.8) is 0 Å². The zero-order chi connectivity index (χ0) is 13.2. The molecule has 0 heterocycles. The highest BCUT2D eigenvalue weighted by molar-refractivity contribution is 5.57. The van der Waals surface area contributed by atoms with Crippen LogP contribution >= 0.6 is 0 Å². The fourth-order valence-corrected chi connectivity index (χ4v) is 1.90. The van der Waals surface area contributed by atoms with Crippen LogP contribution in [-0.2, 0) is 4.74 Å². The number of rotatable bonds is 4. The van der Waals surface area contributed by atoms with Crippen molar-refractivity contribution in [1.29, 1.82) is 0 Å². The van der Waals surface area contributed by atoms with Gasteiger partial charge in [0.15, 0.2) is 5.75 Å². The van der Waals surface area contributed by atoms with Crippen molar-refractivity contribution in [1.82, 2.24) is 0 Å². The molecule has 0 saturated heterocycles. The quantitative estimate of drug-likeness (QED) is 0.903. The monoisotopic (exact) mass is 261 g/mol. The first-order valence-corrected chi connectivity index (χ1v) is 5.62. The zero-order valence-corrected chi connectivity index (χ0v) is 9.83. The smallest absolute Gasteiger partial charge is 0.404 e.